The summed E-state index contributed by atoms with van der Waals surface area (Å²) < 4.78 is 46.7. The molecule has 4 N–H and O–H groups in total. The van der Waals surface area contributed by atoms with E-state index in [1.54, 1.807) is 31.2 Å². The van der Waals surface area contributed by atoms with Gasteiger partial charge in [-0.1, -0.05) is 23.7 Å². The molecule has 0 unspecified atom stereocenters. The van der Waals surface area contributed by atoms with Crippen LogP contribution in [0.2, 0.25) is 5.02 Å². The lowest BCUT2D eigenvalue weighted by molar-refractivity contribution is 0.0941. The van der Waals surface area contributed by atoms with Gasteiger partial charge in [0.2, 0.25) is 10.0 Å². The summed E-state index contributed by atoms with van der Waals surface area (Å²) in [6.07, 6.45) is 5.61. The fourth-order valence-electron chi connectivity index (χ4n) is 4.64. The van der Waals surface area contributed by atoms with Crippen LogP contribution in [0, 0.1) is 11.7 Å². The van der Waals surface area contributed by atoms with E-state index in [0.29, 0.717) is 43.5 Å². The minimum atomic E-state index is -3.91. The lowest BCUT2D eigenvalue weighted by atomic mass is 9.87. The molecule has 1 aliphatic carbocycles. The van der Waals surface area contributed by atoms with E-state index < -0.39 is 27.3 Å². The van der Waals surface area contributed by atoms with E-state index in [9.17, 15) is 22.4 Å². The first kappa shape index (κ1) is 30.3. The number of ether oxygens (including phenoxy) is 1. The summed E-state index contributed by atoms with van der Waals surface area (Å²) in [4.78, 5) is 31.2. The number of aryl methyl sites for hydroxylation is 1. The largest absolute Gasteiger partial charge is 0.497 e. The Morgan fingerprint density at radius 2 is 1.85 bits per heavy atom. The lowest BCUT2D eigenvalue weighted by Crippen LogP contribution is -2.46. The van der Waals surface area contributed by atoms with Crippen molar-refractivity contribution in [2.45, 2.75) is 38.3 Å². The molecule has 4 rings (SSSR count). The molecule has 0 saturated heterocycles. The first-order valence-corrected chi connectivity index (χ1v) is 15.0. The van der Waals surface area contributed by atoms with Crippen molar-refractivity contribution in [2.24, 2.45) is 13.0 Å². The fraction of sp³-hybridized carbons (Fsp3) is 0.370. The van der Waals surface area contributed by atoms with Gasteiger partial charge < -0.3 is 19.9 Å². The van der Waals surface area contributed by atoms with Gasteiger partial charge in [0.1, 0.15) is 5.75 Å². The van der Waals surface area contributed by atoms with Crippen LogP contribution in [0.3, 0.4) is 0 Å². The quantitative estimate of drug-likeness (QED) is 0.260. The average molecular weight is 607 g/mol. The third kappa shape index (κ3) is 8.41. The van der Waals surface area contributed by atoms with Crippen LogP contribution in [-0.4, -0.2) is 48.8 Å². The monoisotopic (exact) mass is 606 g/mol. The van der Waals surface area contributed by atoms with Crippen LogP contribution in [0.1, 0.15) is 41.6 Å². The Kier molecular flexibility index (Phi) is 9.84. The average Bonchev–Trinajstić information content (AvgIpc) is 3.39. The number of carbonyl (C=O) groups excluding carboxylic acids is 2. The summed E-state index contributed by atoms with van der Waals surface area (Å²) in [5.41, 5.74) is 3.47. The van der Waals surface area contributed by atoms with Gasteiger partial charge in [-0.3, -0.25) is 10.2 Å². The van der Waals surface area contributed by atoms with Crippen molar-refractivity contribution in [2.75, 3.05) is 12.9 Å². The summed E-state index contributed by atoms with van der Waals surface area (Å²) in [6, 6.07) is 9.61. The van der Waals surface area contributed by atoms with E-state index in [0.717, 1.165) is 11.3 Å². The molecule has 0 spiro atoms. The first-order valence-electron chi connectivity index (χ1n) is 13.0. The van der Waals surface area contributed by atoms with Crippen LogP contribution in [0.15, 0.2) is 48.9 Å². The molecule has 0 aliphatic heterocycles. The smallest absolute Gasteiger partial charge is 0.315 e. The topological polar surface area (TPSA) is 143 Å². The zero-order chi connectivity index (χ0) is 29.6. The molecular formula is C27H32ClFN6O5S. The van der Waals surface area contributed by atoms with Crippen LogP contribution in [-0.2, 0) is 23.6 Å². The predicted octanol–water partition coefficient (Wildman–Crippen LogP) is 3.51. The summed E-state index contributed by atoms with van der Waals surface area (Å²) in [7, 11) is -0.567. The maximum absolute atomic E-state index is 14.6. The number of aromatic nitrogens is 2. The number of hydrazine groups is 1. The number of benzene rings is 2. The standard InChI is InChI=1S/C27H32ClFN6O5S/c1-35-14-24(31-16-35)19-11-22(25(29)23(28)12-19)26(36)33-34-41(38,39)15-18-3-7-20(8-4-18)32-27(37)30-13-17-5-9-21(40-2)10-6-17/h5-6,9-12,14,16,18,20,34H,3-4,7-8,13,15H2,1-2H3,(H,33,36)(H2,30,32,37). The van der Waals surface area contributed by atoms with Crippen molar-refractivity contribution >= 4 is 33.6 Å². The second kappa shape index (κ2) is 13.3. The van der Waals surface area contributed by atoms with Crippen LogP contribution in [0.5, 0.6) is 5.75 Å². The van der Waals surface area contributed by atoms with E-state index >= 15 is 0 Å². The van der Waals surface area contributed by atoms with Crippen molar-refractivity contribution in [3.63, 3.8) is 0 Å². The van der Waals surface area contributed by atoms with E-state index in [-0.39, 0.29) is 28.8 Å². The number of rotatable bonds is 10. The number of urea groups is 1. The van der Waals surface area contributed by atoms with Crippen molar-refractivity contribution < 1.29 is 27.1 Å². The molecule has 1 fully saturated rings. The van der Waals surface area contributed by atoms with Crippen molar-refractivity contribution in [3.8, 4) is 17.0 Å². The van der Waals surface area contributed by atoms with E-state index in [1.807, 2.05) is 24.3 Å². The summed E-state index contributed by atoms with van der Waals surface area (Å²) >= 11 is 5.98. The lowest BCUT2D eigenvalue weighted by Gasteiger charge is -2.29. The van der Waals surface area contributed by atoms with Gasteiger partial charge in [-0.05, 0) is 61.4 Å². The maximum Gasteiger partial charge on any atom is 0.315 e. The van der Waals surface area contributed by atoms with Crippen LogP contribution in [0.25, 0.3) is 11.3 Å². The summed E-state index contributed by atoms with van der Waals surface area (Å²) in [5, 5.41) is 5.46. The molecule has 1 aliphatic rings. The predicted molar refractivity (Wildman–Crippen MR) is 152 cm³/mol. The molecular weight excluding hydrogens is 575 g/mol. The normalized spacial score (nSPS) is 17.1. The molecule has 0 radical (unpaired) electrons. The second-order valence-electron chi connectivity index (χ2n) is 9.97. The highest BCUT2D eigenvalue weighted by Crippen LogP contribution is 2.28. The van der Waals surface area contributed by atoms with Gasteiger partial charge in [0.25, 0.3) is 5.91 Å². The zero-order valence-corrected chi connectivity index (χ0v) is 24.2. The van der Waals surface area contributed by atoms with Gasteiger partial charge in [-0.15, -0.1) is 4.83 Å². The number of halogens is 2. The zero-order valence-electron chi connectivity index (χ0n) is 22.6. The Labute approximate surface area is 242 Å². The molecule has 0 atom stereocenters. The molecule has 3 aromatic rings. The molecule has 41 heavy (non-hydrogen) atoms. The van der Waals surface area contributed by atoms with Gasteiger partial charge in [-0.25, -0.2) is 22.6 Å². The highest BCUT2D eigenvalue weighted by molar-refractivity contribution is 7.89. The number of hydrogen-bond donors (Lipinski definition) is 4. The first-order chi connectivity index (χ1) is 19.5. The Balaban J connectivity index is 1.22. The summed E-state index contributed by atoms with van der Waals surface area (Å²) in [6.45, 7) is 0.365. The minimum Gasteiger partial charge on any atom is -0.497 e. The Bertz CT molecular complexity index is 1490. The van der Waals surface area contributed by atoms with Crippen molar-refractivity contribution in [3.05, 3.63) is 70.9 Å². The van der Waals surface area contributed by atoms with Gasteiger partial charge in [0.05, 0.1) is 35.5 Å². The molecule has 2 aromatic carbocycles. The molecule has 1 heterocycles. The fourth-order valence-corrected chi connectivity index (χ4v) is 6.15. The Morgan fingerprint density at radius 1 is 1.15 bits per heavy atom. The summed E-state index contributed by atoms with van der Waals surface area (Å²) in [5.74, 6) is -1.61. The SMILES string of the molecule is COc1ccc(CNC(=O)NC2CCC(CS(=O)(=O)NNC(=O)c3cc(-c4cn(C)cn4)cc(Cl)c3F)CC2)cc1. The molecule has 1 aromatic heterocycles. The number of methoxy groups -OCH3 is 1. The second-order valence-corrected chi connectivity index (χ2v) is 12.1. The van der Waals surface area contributed by atoms with Crippen LogP contribution < -0.4 is 25.6 Å². The number of carbonyl (C=O) groups is 2. The molecule has 3 amide bonds. The highest BCUT2D eigenvalue weighted by Gasteiger charge is 2.27. The molecule has 14 heteroatoms. The van der Waals surface area contributed by atoms with Gasteiger partial charge in [0, 0.05) is 31.4 Å². The Morgan fingerprint density at radius 3 is 2.49 bits per heavy atom. The third-order valence-corrected chi connectivity index (χ3v) is 8.44. The number of nitrogens with one attached hydrogen (secondary N) is 4. The highest BCUT2D eigenvalue weighted by atomic mass is 35.5. The minimum absolute atomic E-state index is 0.0726. The number of hydrogen-bond acceptors (Lipinski definition) is 6. The van der Waals surface area contributed by atoms with Crippen molar-refractivity contribution in [1.29, 1.82) is 0 Å². The number of amides is 3. The van der Waals surface area contributed by atoms with E-state index in [2.05, 4.69) is 25.9 Å². The van der Waals surface area contributed by atoms with E-state index in [4.69, 9.17) is 16.3 Å². The van der Waals surface area contributed by atoms with Crippen LogP contribution in [0.4, 0.5) is 9.18 Å². The maximum atomic E-state index is 14.6. The molecule has 11 nitrogen and oxygen atoms in total. The molecule has 0 bridgehead atoms. The number of sulfonamides is 1. The number of nitrogens with zero attached hydrogens (tertiary/aromatic N) is 2. The van der Waals surface area contributed by atoms with Gasteiger partial charge in [-0.2, -0.15) is 0 Å². The van der Waals surface area contributed by atoms with Crippen molar-refractivity contribution in [1.82, 2.24) is 30.4 Å². The van der Waals surface area contributed by atoms with E-state index in [1.165, 1.54) is 12.1 Å². The molecule has 220 valence electrons. The molecule has 1 saturated carbocycles. The van der Waals surface area contributed by atoms with Gasteiger partial charge in [0.15, 0.2) is 5.82 Å². The third-order valence-electron chi connectivity index (χ3n) is 6.84. The van der Waals surface area contributed by atoms with Crippen LogP contribution >= 0.6 is 11.6 Å². The van der Waals surface area contributed by atoms with Gasteiger partial charge >= 0.3 is 6.03 Å². The number of imidazole rings is 1. The Hall–Kier alpha value is -3.68.